The summed E-state index contributed by atoms with van der Waals surface area (Å²) in [6.07, 6.45) is 6.06. The molecule has 1 aromatic carbocycles. The number of carboxylic acids is 1. The lowest BCUT2D eigenvalue weighted by Gasteiger charge is -2.28. The molecular formula is C18H26O2. The molecule has 1 aliphatic carbocycles. The topological polar surface area (TPSA) is 37.3 Å². The Morgan fingerprint density at radius 3 is 2.50 bits per heavy atom. The lowest BCUT2D eigenvalue weighted by atomic mass is 9.76. The predicted molar refractivity (Wildman–Crippen MR) is 81.9 cm³/mol. The van der Waals surface area contributed by atoms with Crippen molar-refractivity contribution < 1.29 is 9.90 Å². The van der Waals surface area contributed by atoms with Crippen LogP contribution in [-0.2, 0) is 11.2 Å². The third-order valence-corrected chi connectivity index (χ3v) is 4.84. The van der Waals surface area contributed by atoms with Gasteiger partial charge in [-0.2, -0.15) is 0 Å². The van der Waals surface area contributed by atoms with Crippen molar-refractivity contribution in [3.05, 3.63) is 35.4 Å². The van der Waals surface area contributed by atoms with Crippen molar-refractivity contribution in [3.8, 4) is 0 Å². The Morgan fingerprint density at radius 1 is 1.25 bits per heavy atom. The number of hydrogen-bond acceptors (Lipinski definition) is 1. The Bertz CT molecular complexity index is 444. The minimum absolute atomic E-state index is 0.118. The summed E-state index contributed by atoms with van der Waals surface area (Å²) in [4.78, 5) is 11.0. The van der Waals surface area contributed by atoms with Crippen LogP contribution >= 0.6 is 0 Å². The molecule has 1 fully saturated rings. The highest BCUT2D eigenvalue weighted by atomic mass is 16.4. The van der Waals surface area contributed by atoms with E-state index in [9.17, 15) is 4.79 Å². The Kier molecular flexibility index (Phi) is 5.22. The summed E-state index contributed by atoms with van der Waals surface area (Å²) >= 11 is 0. The van der Waals surface area contributed by atoms with E-state index in [0.29, 0.717) is 11.8 Å². The standard InChI is InChI=1S/C18H26O2/c1-3-13(2)12-16-6-4-5-7-17(16)14-8-10-15(11-9-14)18(19)20/h4-7,13-15H,3,8-12H2,1-2H3,(H,19,20)/t13-,14?,15?/m0/s1. The zero-order valence-corrected chi connectivity index (χ0v) is 12.6. The largest absolute Gasteiger partial charge is 0.481 e. The first-order valence-corrected chi connectivity index (χ1v) is 7.92. The first kappa shape index (κ1) is 15.1. The molecule has 0 aromatic heterocycles. The lowest BCUT2D eigenvalue weighted by Crippen LogP contribution is -2.21. The molecule has 1 N–H and O–H groups in total. The molecule has 0 spiro atoms. The molecule has 1 aromatic rings. The Labute approximate surface area is 122 Å². The van der Waals surface area contributed by atoms with Gasteiger partial charge in [-0.15, -0.1) is 0 Å². The molecule has 110 valence electrons. The van der Waals surface area contributed by atoms with Gasteiger partial charge in [-0.25, -0.2) is 0 Å². The van der Waals surface area contributed by atoms with Gasteiger partial charge >= 0.3 is 5.97 Å². The summed E-state index contributed by atoms with van der Waals surface area (Å²) < 4.78 is 0. The fourth-order valence-corrected chi connectivity index (χ4v) is 3.29. The van der Waals surface area contributed by atoms with Crippen molar-refractivity contribution in [2.45, 2.75) is 58.3 Å². The maximum Gasteiger partial charge on any atom is 0.306 e. The van der Waals surface area contributed by atoms with Crippen molar-refractivity contribution in [1.82, 2.24) is 0 Å². The molecule has 0 aliphatic heterocycles. The van der Waals surface area contributed by atoms with E-state index in [4.69, 9.17) is 5.11 Å². The van der Waals surface area contributed by atoms with Gasteiger partial charge in [-0.3, -0.25) is 4.79 Å². The van der Waals surface area contributed by atoms with Crippen LogP contribution < -0.4 is 0 Å². The monoisotopic (exact) mass is 274 g/mol. The number of aliphatic carboxylic acids is 1. The summed E-state index contributed by atoms with van der Waals surface area (Å²) in [6.45, 7) is 4.55. The molecule has 0 heterocycles. The van der Waals surface area contributed by atoms with Crippen LogP contribution in [0.2, 0.25) is 0 Å². The predicted octanol–water partition coefficient (Wildman–Crippen LogP) is 4.63. The summed E-state index contributed by atoms with van der Waals surface area (Å²) in [5, 5.41) is 9.10. The molecule has 0 bridgehead atoms. The van der Waals surface area contributed by atoms with Gasteiger partial charge in [0, 0.05) is 0 Å². The van der Waals surface area contributed by atoms with Gasteiger partial charge in [0.25, 0.3) is 0 Å². The normalized spacial score (nSPS) is 24.3. The maximum absolute atomic E-state index is 11.0. The fraction of sp³-hybridized carbons (Fsp3) is 0.611. The second-order valence-corrected chi connectivity index (χ2v) is 6.30. The molecule has 1 aliphatic rings. The van der Waals surface area contributed by atoms with Gasteiger partial charge in [0.05, 0.1) is 5.92 Å². The zero-order valence-electron chi connectivity index (χ0n) is 12.6. The number of hydrogen-bond donors (Lipinski definition) is 1. The minimum atomic E-state index is -0.614. The number of carbonyl (C=O) groups is 1. The van der Waals surface area contributed by atoms with Crippen molar-refractivity contribution >= 4 is 5.97 Å². The molecule has 0 radical (unpaired) electrons. The second-order valence-electron chi connectivity index (χ2n) is 6.30. The molecule has 2 nitrogen and oxygen atoms in total. The van der Waals surface area contributed by atoms with Gasteiger partial charge in [0.1, 0.15) is 0 Å². The highest BCUT2D eigenvalue weighted by Crippen LogP contribution is 2.37. The third-order valence-electron chi connectivity index (χ3n) is 4.84. The molecule has 1 atom stereocenters. The Hall–Kier alpha value is -1.31. The first-order chi connectivity index (χ1) is 9.61. The average Bonchev–Trinajstić information content (AvgIpc) is 2.48. The van der Waals surface area contributed by atoms with Gasteiger partial charge in [-0.1, -0.05) is 44.5 Å². The van der Waals surface area contributed by atoms with Crippen molar-refractivity contribution in [3.63, 3.8) is 0 Å². The second kappa shape index (κ2) is 6.92. The van der Waals surface area contributed by atoms with Crippen LogP contribution in [0.1, 0.15) is 63.0 Å². The van der Waals surface area contributed by atoms with E-state index in [1.807, 2.05) is 0 Å². The number of carboxylic acid groups (broad SMARTS) is 1. The maximum atomic E-state index is 11.0. The van der Waals surface area contributed by atoms with Crippen molar-refractivity contribution in [1.29, 1.82) is 0 Å². The lowest BCUT2D eigenvalue weighted by molar-refractivity contribution is -0.142. The number of rotatable bonds is 5. The van der Waals surface area contributed by atoms with Crippen LogP contribution in [0.3, 0.4) is 0 Å². The molecule has 0 unspecified atom stereocenters. The molecule has 0 amide bonds. The fourth-order valence-electron chi connectivity index (χ4n) is 3.29. The summed E-state index contributed by atoms with van der Waals surface area (Å²) in [5.74, 6) is 0.543. The zero-order chi connectivity index (χ0) is 14.5. The SMILES string of the molecule is CC[C@H](C)Cc1ccccc1C1CCC(C(=O)O)CC1. The van der Waals surface area contributed by atoms with E-state index in [2.05, 4.69) is 38.1 Å². The molecule has 2 heteroatoms. The highest BCUT2D eigenvalue weighted by molar-refractivity contribution is 5.70. The molecular weight excluding hydrogens is 248 g/mol. The molecule has 2 rings (SSSR count). The van der Waals surface area contributed by atoms with E-state index < -0.39 is 5.97 Å². The third kappa shape index (κ3) is 3.62. The van der Waals surface area contributed by atoms with E-state index >= 15 is 0 Å². The van der Waals surface area contributed by atoms with E-state index in [-0.39, 0.29) is 5.92 Å². The van der Waals surface area contributed by atoms with Crippen molar-refractivity contribution in [2.75, 3.05) is 0 Å². The van der Waals surface area contributed by atoms with E-state index in [1.165, 1.54) is 17.5 Å². The van der Waals surface area contributed by atoms with Crippen LogP contribution in [0, 0.1) is 11.8 Å². The van der Waals surface area contributed by atoms with E-state index in [0.717, 1.165) is 32.1 Å². The average molecular weight is 274 g/mol. The smallest absolute Gasteiger partial charge is 0.306 e. The summed E-state index contributed by atoms with van der Waals surface area (Å²) in [6, 6.07) is 8.76. The van der Waals surface area contributed by atoms with Crippen molar-refractivity contribution in [2.24, 2.45) is 11.8 Å². The first-order valence-electron chi connectivity index (χ1n) is 7.92. The van der Waals surface area contributed by atoms with Gasteiger partial charge in [0.2, 0.25) is 0 Å². The highest BCUT2D eigenvalue weighted by Gasteiger charge is 2.27. The van der Waals surface area contributed by atoms with Gasteiger partial charge in [-0.05, 0) is 55.1 Å². The van der Waals surface area contributed by atoms with Crippen LogP contribution in [0.5, 0.6) is 0 Å². The Morgan fingerprint density at radius 2 is 1.90 bits per heavy atom. The van der Waals surface area contributed by atoms with Gasteiger partial charge < -0.3 is 5.11 Å². The minimum Gasteiger partial charge on any atom is -0.481 e. The van der Waals surface area contributed by atoms with Crippen LogP contribution in [0.4, 0.5) is 0 Å². The van der Waals surface area contributed by atoms with Gasteiger partial charge in [0.15, 0.2) is 0 Å². The number of benzene rings is 1. The Balaban J connectivity index is 2.07. The van der Waals surface area contributed by atoms with Crippen LogP contribution in [-0.4, -0.2) is 11.1 Å². The molecule has 0 saturated heterocycles. The van der Waals surface area contributed by atoms with Crippen LogP contribution in [0.25, 0.3) is 0 Å². The summed E-state index contributed by atoms with van der Waals surface area (Å²) in [5.41, 5.74) is 2.94. The molecule has 20 heavy (non-hydrogen) atoms. The molecule has 1 saturated carbocycles. The van der Waals surface area contributed by atoms with E-state index in [1.54, 1.807) is 0 Å². The summed E-state index contributed by atoms with van der Waals surface area (Å²) in [7, 11) is 0. The van der Waals surface area contributed by atoms with Crippen LogP contribution in [0.15, 0.2) is 24.3 Å². The quantitative estimate of drug-likeness (QED) is 0.849.